The Bertz CT molecular complexity index is 1160. The number of carbonyl (C=O) groups excluding carboxylic acids is 1. The normalized spacial score (nSPS) is 16.2. The number of aromatic nitrogens is 2. The number of fused-ring (bicyclic) bond motifs is 1. The average Bonchev–Trinajstić information content (AvgIpc) is 2.89. The first kappa shape index (κ1) is 23.2. The number of benzene rings is 1. The van der Waals surface area contributed by atoms with Gasteiger partial charge >= 0.3 is 0 Å². The number of hydrogen-bond acceptors (Lipinski definition) is 7. The van der Waals surface area contributed by atoms with Crippen molar-refractivity contribution in [2.75, 3.05) is 25.0 Å². The molecule has 4 rings (SSSR count). The second-order valence-corrected chi connectivity index (χ2v) is 8.26. The second kappa shape index (κ2) is 10.8. The van der Waals surface area contributed by atoms with Crippen molar-refractivity contribution in [3.05, 3.63) is 83.3 Å². The number of nitrogens with zero attached hydrogens (tertiary/aromatic N) is 3. The van der Waals surface area contributed by atoms with Crippen LogP contribution in [0.1, 0.15) is 53.0 Å². The Morgan fingerprint density at radius 3 is 2.74 bits per heavy atom. The third kappa shape index (κ3) is 5.33. The zero-order chi connectivity index (χ0) is 23.9. The lowest BCUT2D eigenvalue weighted by atomic mass is 9.97. The maximum atomic E-state index is 12.1. The van der Waals surface area contributed by atoms with Crippen LogP contribution in [0.4, 0.5) is 5.69 Å². The van der Waals surface area contributed by atoms with Gasteiger partial charge in [0.1, 0.15) is 17.9 Å². The molecule has 8 heteroatoms. The number of rotatable bonds is 8. The van der Waals surface area contributed by atoms with Crippen molar-refractivity contribution in [2.45, 2.75) is 31.9 Å². The predicted octanol–water partition coefficient (Wildman–Crippen LogP) is 3.41. The maximum absolute atomic E-state index is 12.1. The van der Waals surface area contributed by atoms with Crippen molar-refractivity contribution >= 4 is 11.6 Å². The smallest absolute Gasteiger partial charge is 0.252 e. The SMILES string of the molecule is CCNC(=O)c1cnc2c(c1)NC[C@@H]([C@H](NC[C@@H](C)c1ccc(C#N)nc1)c1ccccc1)O2. The third-order valence-corrected chi connectivity index (χ3v) is 5.85. The number of nitrogens with one attached hydrogen (secondary N) is 3. The summed E-state index contributed by atoms with van der Waals surface area (Å²) in [7, 11) is 0. The molecule has 1 aromatic carbocycles. The van der Waals surface area contributed by atoms with Crippen LogP contribution in [0, 0.1) is 11.3 Å². The van der Waals surface area contributed by atoms with Gasteiger partial charge < -0.3 is 20.7 Å². The first-order valence-corrected chi connectivity index (χ1v) is 11.4. The summed E-state index contributed by atoms with van der Waals surface area (Å²) in [5.74, 6) is 0.515. The molecule has 1 aliphatic rings. The molecule has 0 fully saturated rings. The number of amides is 1. The zero-order valence-electron chi connectivity index (χ0n) is 19.3. The van der Waals surface area contributed by atoms with Gasteiger partial charge in [0, 0.05) is 25.5 Å². The third-order valence-electron chi connectivity index (χ3n) is 5.85. The molecule has 1 aliphatic heterocycles. The lowest BCUT2D eigenvalue weighted by Crippen LogP contribution is -2.43. The van der Waals surface area contributed by atoms with E-state index in [4.69, 9.17) is 10.00 Å². The van der Waals surface area contributed by atoms with E-state index in [0.29, 0.717) is 42.5 Å². The molecule has 0 aliphatic carbocycles. The average molecular weight is 457 g/mol. The number of nitriles is 1. The summed E-state index contributed by atoms with van der Waals surface area (Å²) in [5.41, 5.74) is 3.79. The molecule has 174 valence electrons. The van der Waals surface area contributed by atoms with Crippen LogP contribution in [0.15, 0.2) is 60.9 Å². The number of hydrogen-bond donors (Lipinski definition) is 3. The van der Waals surface area contributed by atoms with Gasteiger partial charge in [0.15, 0.2) is 0 Å². The van der Waals surface area contributed by atoms with Crippen LogP contribution in [0.3, 0.4) is 0 Å². The summed E-state index contributed by atoms with van der Waals surface area (Å²) >= 11 is 0. The molecular weight excluding hydrogens is 428 g/mol. The van der Waals surface area contributed by atoms with E-state index in [1.807, 2.05) is 31.2 Å². The van der Waals surface area contributed by atoms with Gasteiger partial charge in [0.25, 0.3) is 5.91 Å². The molecule has 0 saturated heterocycles. The fourth-order valence-electron chi connectivity index (χ4n) is 3.95. The van der Waals surface area contributed by atoms with Gasteiger partial charge in [-0.05, 0) is 36.1 Å². The van der Waals surface area contributed by atoms with Crippen LogP contribution in [-0.2, 0) is 0 Å². The minimum Gasteiger partial charge on any atom is -0.469 e. The number of pyridine rings is 2. The van der Waals surface area contributed by atoms with Crippen LogP contribution in [0.5, 0.6) is 5.88 Å². The highest BCUT2D eigenvalue weighted by molar-refractivity contribution is 5.95. The highest BCUT2D eigenvalue weighted by Crippen LogP contribution is 2.32. The molecule has 3 aromatic rings. The molecule has 3 N–H and O–H groups in total. The Balaban J connectivity index is 1.49. The Kier molecular flexibility index (Phi) is 7.35. The van der Waals surface area contributed by atoms with E-state index in [2.05, 4.69) is 51.0 Å². The predicted molar refractivity (Wildman–Crippen MR) is 130 cm³/mol. The Hall–Kier alpha value is -3.96. The van der Waals surface area contributed by atoms with E-state index < -0.39 is 0 Å². The van der Waals surface area contributed by atoms with E-state index in [1.54, 1.807) is 24.5 Å². The van der Waals surface area contributed by atoms with Gasteiger partial charge in [0.05, 0.1) is 23.8 Å². The van der Waals surface area contributed by atoms with Crippen LogP contribution in [-0.4, -0.2) is 41.6 Å². The first-order valence-electron chi connectivity index (χ1n) is 11.4. The summed E-state index contributed by atoms with van der Waals surface area (Å²) < 4.78 is 6.30. The summed E-state index contributed by atoms with van der Waals surface area (Å²) in [4.78, 5) is 20.7. The fraction of sp³-hybridized carbons (Fsp3) is 0.308. The lowest BCUT2D eigenvalue weighted by molar-refractivity contribution is 0.0955. The van der Waals surface area contributed by atoms with Gasteiger partial charge in [0.2, 0.25) is 5.88 Å². The van der Waals surface area contributed by atoms with Crippen molar-refractivity contribution in [1.29, 1.82) is 5.26 Å². The summed E-state index contributed by atoms with van der Waals surface area (Å²) in [6.45, 7) is 5.82. The van der Waals surface area contributed by atoms with Crippen molar-refractivity contribution in [3.63, 3.8) is 0 Å². The fourth-order valence-corrected chi connectivity index (χ4v) is 3.95. The van der Waals surface area contributed by atoms with Gasteiger partial charge in [-0.25, -0.2) is 9.97 Å². The highest BCUT2D eigenvalue weighted by atomic mass is 16.5. The number of anilines is 1. The van der Waals surface area contributed by atoms with Crippen LogP contribution < -0.4 is 20.7 Å². The minimum absolute atomic E-state index is 0.0829. The van der Waals surface area contributed by atoms with Gasteiger partial charge in [-0.3, -0.25) is 4.79 Å². The van der Waals surface area contributed by atoms with Crippen molar-refractivity contribution in [3.8, 4) is 11.9 Å². The molecule has 3 heterocycles. The van der Waals surface area contributed by atoms with E-state index >= 15 is 0 Å². The molecule has 3 atom stereocenters. The molecule has 8 nitrogen and oxygen atoms in total. The van der Waals surface area contributed by atoms with Crippen molar-refractivity contribution in [2.24, 2.45) is 0 Å². The Morgan fingerprint density at radius 2 is 2.03 bits per heavy atom. The maximum Gasteiger partial charge on any atom is 0.252 e. The molecule has 2 aromatic heterocycles. The molecule has 0 bridgehead atoms. The minimum atomic E-state index is -0.205. The van der Waals surface area contributed by atoms with Gasteiger partial charge in [-0.15, -0.1) is 0 Å². The Labute approximate surface area is 199 Å². The van der Waals surface area contributed by atoms with Crippen LogP contribution in [0.2, 0.25) is 0 Å². The zero-order valence-corrected chi connectivity index (χ0v) is 19.3. The van der Waals surface area contributed by atoms with E-state index in [0.717, 1.165) is 11.1 Å². The van der Waals surface area contributed by atoms with E-state index in [1.165, 1.54) is 0 Å². The highest BCUT2D eigenvalue weighted by Gasteiger charge is 2.30. The Morgan fingerprint density at radius 1 is 1.21 bits per heavy atom. The molecule has 0 radical (unpaired) electrons. The van der Waals surface area contributed by atoms with Crippen LogP contribution >= 0.6 is 0 Å². The molecule has 0 saturated carbocycles. The molecule has 34 heavy (non-hydrogen) atoms. The summed E-state index contributed by atoms with van der Waals surface area (Å²) in [6.07, 6.45) is 3.09. The van der Waals surface area contributed by atoms with E-state index in [9.17, 15) is 4.79 Å². The monoisotopic (exact) mass is 456 g/mol. The van der Waals surface area contributed by atoms with Crippen molar-refractivity contribution in [1.82, 2.24) is 20.6 Å². The molecular formula is C26H28N6O2. The molecule has 0 spiro atoms. The number of ether oxygens (including phenoxy) is 1. The van der Waals surface area contributed by atoms with E-state index in [-0.39, 0.29) is 24.0 Å². The largest absolute Gasteiger partial charge is 0.469 e. The van der Waals surface area contributed by atoms with Gasteiger partial charge in [-0.2, -0.15) is 5.26 Å². The van der Waals surface area contributed by atoms with Gasteiger partial charge in [-0.1, -0.05) is 43.3 Å². The first-order chi connectivity index (χ1) is 16.6. The quantitative estimate of drug-likeness (QED) is 0.476. The standard InChI is InChI=1S/C26H28N6O2/c1-3-28-25(33)20-11-22-26(32-15-20)34-23(16-30-22)24(18-7-5-4-6-8-18)31-13-17(2)19-9-10-21(12-27)29-14-19/h4-11,14-15,17,23-24,30-31H,3,13,16H2,1-2H3,(H,28,33)/t17-,23+,24-/m1/s1. The lowest BCUT2D eigenvalue weighted by Gasteiger charge is -2.34. The number of carbonyl (C=O) groups is 1. The topological polar surface area (TPSA) is 112 Å². The van der Waals surface area contributed by atoms with Crippen LogP contribution in [0.25, 0.3) is 0 Å². The molecule has 1 amide bonds. The molecule has 0 unspecified atom stereocenters. The van der Waals surface area contributed by atoms with Crippen molar-refractivity contribution < 1.29 is 9.53 Å². The second-order valence-electron chi connectivity index (χ2n) is 8.26. The summed E-state index contributed by atoms with van der Waals surface area (Å²) in [5, 5.41) is 18.8. The summed E-state index contributed by atoms with van der Waals surface area (Å²) in [6, 6.07) is 17.6.